The van der Waals surface area contributed by atoms with Gasteiger partial charge in [-0.1, -0.05) is 0 Å². The molecule has 0 spiro atoms. The molecule has 0 aliphatic heterocycles. The zero-order chi connectivity index (χ0) is 4.99. The predicted molar refractivity (Wildman–Crippen MR) is 17.9 cm³/mol. The van der Waals surface area contributed by atoms with Crippen LogP contribution in [0.2, 0.25) is 0 Å². The van der Waals surface area contributed by atoms with Crippen molar-refractivity contribution in [3.8, 4) is 0 Å². The summed E-state index contributed by atoms with van der Waals surface area (Å²) in [6.45, 7) is 2.29. The lowest BCUT2D eigenvalue weighted by molar-refractivity contribution is -0.613. The summed E-state index contributed by atoms with van der Waals surface area (Å²) >= 11 is 0. The van der Waals surface area contributed by atoms with Crippen molar-refractivity contribution >= 4 is 6.09 Å². The first-order chi connectivity index (χ1) is 2.77. The molecule has 5 heteroatoms. The Balaban J connectivity index is -0.000000125. The number of carbonyl (C=O) groups excluding carboxylic acids is 1. The van der Waals surface area contributed by atoms with Crippen molar-refractivity contribution in [2.45, 2.75) is 6.92 Å². The smallest absolute Gasteiger partial charge is 0.253 e. The Bertz CT molecular complexity index is 59.2. The second-order valence-corrected chi connectivity index (χ2v) is 0.931. The Morgan fingerprint density at radius 1 is 1.62 bits per heavy atom. The Hall–Kier alpha value is 0.01000. The third-order valence-electron chi connectivity index (χ3n) is 0.371. The molecule has 0 saturated carbocycles. The number of nitrogens with two attached hydrogens (primary N) is 1. The van der Waals surface area contributed by atoms with Crippen LogP contribution < -0.4 is 35.2 Å². The molecule has 0 atom stereocenters. The van der Waals surface area contributed by atoms with E-state index < -0.39 is 6.09 Å². The third kappa shape index (κ3) is 16.7. The molecule has 0 heterocycles. The van der Waals surface area contributed by atoms with Gasteiger partial charge in [0.05, 0.1) is 6.54 Å². The van der Waals surface area contributed by atoms with Crippen LogP contribution >= 0.6 is 0 Å². The molecule has 0 saturated heterocycles. The van der Waals surface area contributed by atoms with Crippen molar-refractivity contribution in [1.29, 1.82) is 0 Å². The second-order valence-electron chi connectivity index (χ2n) is 0.931. The van der Waals surface area contributed by atoms with Crippen LogP contribution in [0.15, 0.2) is 0 Å². The number of primary amides is 1. The van der Waals surface area contributed by atoms with E-state index in [1.54, 1.807) is 6.92 Å². The molecule has 0 rings (SSSR count). The number of quaternary nitrogens is 1. The molecule has 0 fully saturated rings. The van der Waals surface area contributed by atoms with Gasteiger partial charge in [0.15, 0.2) is 0 Å². The molecular formula is C3H7Cl2NO2-2. The molecule has 0 aromatic heterocycles. The quantitative estimate of drug-likeness (QED) is 0.414. The molecular weight excluding hydrogens is 153 g/mol. The molecule has 0 bridgehead atoms. The first-order valence-electron chi connectivity index (χ1n) is 1.81. The number of hydrogen-bond donors (Lipinski definition) is 1. The molecule has 0 aliphatic rings. The van der Waals surface area contributed by atoms with Gasteiger partial charge >= 0.3 is 0 Å². The minimum Gasteiger partial charge on any atom is -1.00 e. The maximum absolute atomic E-state index is 9.43. The normalized spacial score (nSPS) is 6.12. The minimum atomic E-state index is -1.09. The lowest BCUT2D eigenvalue weighted by Crippen LogP contribution is -3.00. The highest BCUT2D eigenvalue weighted by Gasteiger charge is 1.77. The molecule has 0 aliphatic carbocycles. The van der Waals surface area contributed by atoms with Crippen molar-refractivity contribution in [1.82, 2.24) is 0 Å². The van der Waals surface area contributed by atoms with Gasteiger partial charge in [0.1, 0.15) is 0 Å². The van der Waals surface area contributed by atoms with Gasteiger partial charge in [-0.25, -0.2) is 0 Å². The summed E-state index contributed by atoms with van der Waals surface area (Å²) < 4.78 is 0. The highest BCUT2D eigenvalue weighted by Crippen LogP contribution is 1.31. The van der Waals surface area contributed by atoms with Crippen molar-refractivity contribution in [2.24, 2.45) is 0 Å². The van der Waals surface area contributed by atoms with E-state index in [1.165, 1.54) is 0 Å². The van der Waals surface area contributed by atoms with Crippen molar-refractivity contribution < 1.29 is 40.0 Å². The van der Waals surface area contributed by atoms with Crippen LogP contribution in [0.1, 0.15) is 6.92 Å². The molecule has 1 amide bonds. The number of carbonyl (C=O) groups is 1. The molecule has 2 N–H and O–H groups in total. The molecule has 3 nitrogen and oxygen atoms in total. The van der Waals surface area contributed by atoms with Gasteiger partial charge in [-0.3, -0.25) is 5.32 Å². The number of hydrogen-bond acceptors (Lipinski definition) is 2. The van der Waals surface area contributed by atoms with Gasteiger partial charge in [-0.2, -0.15) is 0 Å². The monoisotopic (exact) mass is 159 g/mol. The van der Waals surface area contributed by atoms with Gasteiger partial charge in [0.25, 0.3) is 6.09 Å². The van der Waals surface area contributed by atoms with Crippen LogP contribution in [0.25, 0.3) is 0 Å². The molecule has 8 heavy (non-hydrogen) atoms. The molecule has 0 aromatic carbocycles. The Labute approximate surface area is 60.3 Å². The number of halogens is 2. The van der Waals surface area contributed by atoms with Gasteiger partial charge in [-0.15, -0.1) is 0 Å². The second kappa shape index (κ2) is 10.1. The highest BCUT2D eigenvalue weighted by molar-refractivity contribution is 5.49. The fraction of sp³-hybridized carbons (Fsp3) is 0.667. The average Bonchev–Trinajstić information content (AvgIpc) is 1.35. The Morgan fingerprint density at radius 3 is 2.00 bits per heavy atom. The highest BCUT2D eigenvalue weighted by atomic mass is 35.5. The summed E-state index contributed by atoms with van der Waals surface area (Å²) in [5.41, 5.74) is 0. The van der Waals surface area contributed by atoms with Crippen LogP contribution in [0.5, 0.6) is 0 Å². The van der Waals surface area contributed by atoms with E-state index in [0.29, 0.717) is 6.54 Å². The van der Waals surface area contributed by atoms with Gasteiger partial charge in [0, 0.05) is 0 Å². The number of carboxylic acid groups (broad SMARTS) is 1. The number of rotatable bonds is 1. The zero-order valence-electron chi connectivity index (χ0n) is 4.36. The summed E-state index contributed by atoms with van der Waals surface area (Å²) in [5, 5.41) is 10.5. The van der Waals surface area contributed by atoms with Crippen LogP contribution in [0.4, 0.5) is 4.79 Å². The minimum absolute atomic E-state index is 0. The lowest BCUT2D eigenvalue weighted by atomic mass is 10.8. The van der Waals surface area contributed by atoms with E-state index in [-0.39, 0.29) is 24.8 Å². The van der Waals surface area contributed by atoms with Crippen molar-refractivity contribution in [3.63, 3.8) is 0 Å². The fourth-order valence-electron chi connectivity index (χ4n) is 0.167. The average molecular weight is 160 g/mol. The molecule has 0 aromatic rings. The molecule has 0 unspecified atom stereocenters. The molecule has 52 valence electrons. The first-order valence-corrected chi connectivity index (χ1v) is 1.81. The summed E-state index contributed by atoms with van der Waals surface area (Å²) in [5.74, 6) is 0. The lowest BCUT2D eigenvalue weighted by Gasteiger charge is -1.90. The topological polar surface area (TPSA) is 56.7 Å². The van der Waals surface area contributed by atoms with Gasteiger partial charge in [-0.05, 0) is 6.92 Å². The zero-order valence-corrected chi connectivity index (χ0v) is 5.87. The maximum atomic E-state index is 9.43. The van der Waals surface area contributed by atoms with E-state index in [2.05, 4.69) is 0 Å². The summed E-state index contributed by atoms with van der Waals surface area (Å²) in [4.78, 5) is 9.43. The van der Waals surface area contributed by atoms with Crippen LogP contribution in [-0.4, -0.2) is 12.6 Å². The van der Waals surface area contributed by atoms with Crippen LogP contribution in [0.3, 0.4) is 0 Å². The predicted octanol–water partition coefficient (Wildman–Crippen LogP) is -8.08. The summed E-state index contributed by atoms with van der Waals surface area (Å²) in [7, 11) is 0. The van der Waals surface area contributed by atoms with Crippen molar-refractivity contribution in [3.05, 3.63) is 0 Å². The van der Waals surface area contributed by atoms with E-state index in [1.807, 2.05) is 0 Å². The SMILES string of the molecule is CC[NH2+]C(=O)[O-].[Cl-].[Cl-]. The van der Waals surface area contributed by atoms with E-state index >= 15 is 0 Å². The van der Waals surface area contributed by atoms with Gasteiger partial charge in [0.2, 0.25) is 0 Å². The Morgan fingerprint density at radius 2 is 2.00 bits per heavy atom. The standard InChI is InChI=1S/C3H7NO2.2ClH/c1-2-4-3(5)6;;/h4H,2H2,1H3,(H,5,6);2*1H/p-2. The summed E-state index contributed by atoms with van der Waals surface area (Å²) in [6, 6.07) is 0. The van der Waals surface area contributed by atoms with Gasteiger partial charge < -0.3 is 34.7 Å². The maximum Gasteiger partial charge on any atom is 0.253 e. The molecule has 0 radical (unpaired) electrons. The summed E-state index contributed by atoms with van der Waals surface area (Å²) in [6.07, 6.45) is -1.09. The van der Waals surface area contributed by atoms with E-state index in [0.717, 1.165) is 5.32 Å². The fourth-order valence-corrected chi connectivity index (χ4v) is 0.167. The van der Waals surface area contributed by atoms with E-state index in [9.17, 15) is 9.90 Å². The first kappa shape index (κ1) is 15.7. The number of amides is 1. The van der Waals surface area contributed by atoms with Crippen LogP contribution in [0, 0.1) is 0 Å². The Kier molecular flexibility index (Phi) is 19.8. The largest absolute Gasteiger partial charge is 1.00 e. The van der Waals surface area contributed by atoms with Crippen molar-refractivity contribution in [2.75, 3.05) is 6.54 Å². The van der Waals surface area contributed by atoms with E-state index in [4.69, 9.17) is 0 Å². The van der Waals surface area contributed by atoms with Crippen LogP contribution in [-0.2, 0) is 0 Å². The third-order valence-corrected chi connectivity index (χ3v) is 0.371.